The van der Waals surface area contributed by atoms with E-state index in [-0.39, 0.29) is 5.75 Å². The molecule has 4 heteroatoms. The SMILES string of the molecule is CCCCCCCCCCCCc1ccc(O)c(-n2nc3ccc(CCCC)cc3n2)c1. The fourth-order valence-electron chi connectivity index (χ4n) is 4.31. The molecule has 0 radical (unpaired) electrons. The minimum absolute atomic E-state index is 0.225. The Morgan fingerprint density at radius 3 is 1.91 bits per heavy atom. The summed E-state index contributed by atoms with van der Waals surface area (Å²) >= 11 is 0. The van der Waals surface area contributed by atoms with E-state index in [0.717, 1.165) is 23.9 Å². The zero-order valence-corrected chi connectivity index (χ0v) is 20.2. The highest BCUT2D eigenvalue weighted by Gasteiger charge is 2.10. The van der Waals surface area contributed by atoms with Crippen LogP contribution in [0.1, 0.15) is 102 Å². The quantitative estimate of drug-likeness (QED) is 0.247. The predicted octanol–water partition coefficient (Wildman–Crippen LogP) is 7.93. The molecule has 1 aromatic heterocycles. The number of nitrogens with zero attached hydrogens (tertiary/aromatic N) is 3. The van der Waals surface area contributed by atoms with Gasteiger partial charge in [-0.3, -0.25) is 0 Å². The molecular weight excluding hydrogens is 394 g/mol. The normalized spacial score (nSPS) is 11.4. The van der Waals surface area contributed by atoms with Gasteiger partial charge in [-0.05, 0) is 61.1 Å². The van der Waals surface area contributed by atoms with Crippen LogP contribution in [0.25, 0.3) is 16.7 Å². The number of aromatic nitrogens is 3. The zero-order chi connectivity index (χ0) is 22.6. The highest BCUT2D eigenvalue weighted by atomic mass is 16.3. The van der Waals surface area contributed by atoms with E-state index in [9.17, 15) is 5.11 Å². The third-order valence-electron chi connectivity index (χ3n) is 6.34. The fourth-order valence-corrected chi connectivity index (χ4v) is 4.31. The smallest absolute Gasteiger partial charge is 0.143 e. The van der Waals surface area contributed by atoms with Crippen LogP contribution in [-0.2, 0) is 12.8 Å². The van der Waals surface area contributed by atoms with Crippen molar-refractivity contribution in [1.29, 1.82) is 0 Å². The Balaban J connectivity index is 1.51. The minimum Gasteiger partial charge on any atom is -0.506 e. The molecule has 0 saturated carbocycles. The van der Waals surface area contributed by atoms with Crippen LogP contribution in [0.4, 0.5) is 0 Å². The van der Waals surface area contributed by atoms with Crippen LogP contribution >= 0.6 is 0 Å². The molecule has 32 heavy (non-hydrogen) atoms. The maximum atomic E-state index is 10.4. The number of fused-ring (bicyclic) bond motifs is 1. The molecular formula is C28H41N3O. The number of phenolic OH excluding ortho intramolecular Hbond substituents is 1. The number of aryl methyl sites for hydroxylation is 2. The molecule has 3 rings (SSSR count). The topological polar surface area (TPSA) is 50.9 Å². The van der Waals surface area contributed by atoms with Gasteiger partial charge < -0.3 is 5.11 Å². The maximum Gasteiger partial charge on any atom is 0.143 e. The Morgan fingerprint density at radius 2 is 1.19 bits per heavy atom. The lowest BCUT2D eigenvalue weighted by molar-refractivity contribution is 0.467. The highest BCUT2D eigenvalue weighted by molar-refractivity contribution is 5.75. The molecule has 0 unspecified atom stereocenters. The Morgan fingerprint density at radius 1 is 0.625 bits per heavy atom. The van der Waals surface area contributed by atoms with Gasteiger partial charge in [0.15, 0.2) is 0 Å². The average molecular weight is 436 g/mol. The molecule has 0 amide bonds. The van der Waals surface area contributed by atoms with Gasteiger partial charge in [-0.25, -0.2) is 0 Å². The summed E-state index contributed by atoms with van der Waals surface area (Å²) in [6.45, 7) is 4.48. The first-order valence-electron chi connectivity index (χ1n) is 12.9. The standard InChI is InChI=1S/C28H41N3O/c1-3-5-7-8-9-10-11-12-13-14-16-24-18-20-28(32)27(22-24)31-29-25-19-17-23(15-6-4-2)21-26(25)30-31/h17-22,32H,3-16H2,1-2H3. The largest absolute Gasteiger partial charge is 0.506 e. The van der Waals surface area contributed by atoms with Crippen LogP contribution < -0.4 is 0 Å². The van der Waals surface area contributed by atoms with Gasteiger partial charge in [0.05, 0.1) is 0 Å². The van der Waals surface area contributed by atoms with E-state index in [4.69, 9.17) is 0 Å². The first kappa shape index (κ1) is 24.3. The van der Waals surface area contributed by atoms with Crippen LogP contribution in [0, 0.1) is 0 Å². The van der Waals surface area contributed by atoms with Gasteiger partial charge in [0, 0.05) is 0 Å². The molecule has 1 heterocycles. The van der Waals surface area contributed by atoms with Gasteiger partial charge in [-0.2, -0.15) is 0 Å². The Bertz CT molecular complexity index is 947. The number of hydrogen-bond donors (Lipinski definition) is 1. The zero-order valence-electron chi connectivity index (χ0n) is 20.2. The molecule has 0 atom stereocenters. The lowest BCUT2D eigenvalue weighted by atomic mass is 10.0. The van der Waals surface area contributed by atoms with Crippen molar-refractivity contribution in [2.45, 2.75) is 104 Å². The first-order valence-corrected chi connectivity index (χ1v) is 12.9. The van der Waals surface area contributed by atoms with E-state index < -0.39 is 0 Å². The molecule has 0 spiro atoms. The molecule has 0 fully saturated rings. The molecule has 0 saturated heterocycles. The molecule has 0 bridgehead atoms. The third kappa shape index (κ3) is 7.36. The van der Waals surface area contributed by atoms with E-state index in [1.807, 2.05) is 18.2 Å². The molecule has 2 aromatic carbocycles. The molecule has 0 aliphatic heterocycles. The van der Waals surface area contributed by atoms with Crippen LogP contribution in [0.2, 0.25) is 0 Å². The van der Waals surface area contributed by atoms with Gasteiger partial charge in [0.2, 0.25) is 0 Å². The van der Waals surface area contributed by atoms with Crippen LogP contribution in [0.3, 0.4) is 0 Å². The summed E-state index contributed by atoms with van der Waals surface area (Å²) < 4.78 is 0. The minimum atomic E-state index is 0.225. The van der Waals surface area contributed by atoms with Crippen LogP contribution in [0.5, 0.6) is 5.75 Å². The second-order valence-corrected chi connectivity index (χ2v) is 9.17. The van der Waals surface area contributed by atoms with Gasteiger partial charge in [-0.15, -0.1) is 15.0 Å². The van der Waals surface area contributed by atoms with Crippen molar-refractivity contribution < 1.29 is 5.11 Å². The van der Waals surface area contributed by atoms with Crippen LogP contribution in [-0.4, -0.2) is 20.1 Å². The number of benzene rings is 2. The van der Waals surface area contributed by atoms with Crippen molar-refractivity contribution in [2.75, 3.05) is 0 Å². The monoisotopic (exact) mass is 435 g/mol. The Hall–Kier alpha value is -2.36. The molecule has 1 N–H and O–H groups in total. The molecule has 174 valence electrons. The number of rotatable bonds is 15. The first-order chi connectivity index (χ1) is 15.7. The summed E-state index contributed by atoms with van der Waals surface area (Å²) in [6.07, 6.45) is 17.9. The second-order valence-electron chi connectivity index (χ2n) is 9.17. The van der Waals surface area contributed by atoms with E-state index >= 15 is 0 Å². The number of phenols is 1. The summed E-state index contributed by atoms with van der Waals surface area (Å²) in [6, 6.07) is 12.1. The van der Waals surface area contributed by atoms with Crippen molar-refractivity contribution in [1.82, 2.24) is 15.0 Å². The summed E-state index contributed by atoms with van der Waals surface area (Å²) in [5, 5.41) is 19.7. The van der Waals surface area contributed by atoms with Crippen molar-refractivity contribution in [3.63, 3.8) is 0 Å². The molecule has 3 aromatic rings. The fraction of sp³-hybridized carbons (Fsp3) is 0.571. The van der Waals surface area contributed by atoms with Crippen molar-refractivity contribution in [3.05, 3.63) is 47.5 Å². The second kappa shape index (κ2) is 13.2. The van der Waals surface area contributed by atoms with E-state index in [1.54, 1.807) is 10.9 Å². The summed E-state index contributed by atoms with van der Waals surface area (Å²) in [5.74, 6) is 0.225. The van der Waals surface area contributed by atoms with Gasteiger partial charge >= 0.3 is 0 Å². The summed E-state index contributed by atoms with van der Waals surface area (Å²) in [7, 11) is 0. The average Bonchev–Trinajstić information content (AvgIpc) is 3.23. The molecule has 0 aliphatic carbocycles. The lowest BCUT2D eigenvalue weighted by Gasteiger charge is -2.07. The third-order valence-corrected chi connectivity index (χ3v) is 6.34. The predicted molar refractivity (Wildman–Crippen MR) is 135 cm³/mol. The number of unbranched alkanes of at least 4 members (excludes halogenated alkanes) is 10. The number of hydrogen-bond acceptors (Lipinski definition) is 3. The van der Waals surface area contributed by atoms with E-state index in [1.165, 1.54) is 88.2 Å². The maximum absolute atomic E-state index is 10.4. The van der Waals surface area contributed by atoms with Crippen molar-refractivity contribution >= 4 is 11.0 Å². The summed E-state index contributed by atoms with van der Waals surface area (Å²) in [4.78, 5) is 1.59. The van der Waals surface area contributed by atoms with E-state index in [2.05, 4.69) is 36.2 Å². The van der Waals surface area contributed by atoms with Gasteiger partial charge in [-0.1, -0.05) is 90.2 Å². The summed E-state index contributed by atoms with van der Waals surface area (Å²) in [5.41, 5.74) is 4.96. The van der Waals surface area contributed by atoms with Crippen molar-refractivity contribution in [3.8, 4) is 11.4 Å². The molecule has 4 nitrogen and oxygen atoms in total. The molecule has 0 aliphatic rings. The number of aromatic hydroxyl groups is 1. The van der Waals surface area contributed by atoms with Crippen molar-refractivity contribution in [2.24, 2.45) is 0 Å². The Kier molecular flexibility index (Phi) is 10.1. The van der Waals surface area contributed by atoms with Crippen LogP contribution in [0.15, 0.2) is 36.4 Å². The van der Waals surface area contributed by atoms with Gasteiger partial charge in [0.1, 0.15) is 22.5 Å². The lowest BCUT2D eigenvalue weighted by Crippen LogP contribution is -2.00. The van der Waals surface area contributed by atoms with E-state index in [0.29, 0.717) is 5.69 Å². The van der Waals surface area contributed by atoms with Gasteiger partial charge in [0.25, 0.3) is 0 Å². The highest BCUT2D eigenvalue weighted by Crippen LogP contribution is 2.25. The Labute approximate surface area is 194 Å².